The number of nitrogens with one attached hydrogen (secondary N) is 2. The number of carboxylic acids is 1. The maximum atomic E-state index is 10.6. The van der Waals surface area contributed by atoms with Gasteiger partial charge in [-0.15, -0.1) is 0 Å². The molecular weight excluding hydrogens is 337 g/mol. The Kier molecular flexibility index (Phi) is 5.32. The molecule has 0 saturated carbocycles. The second kappa shape index (κ2) is 7.05. The Hall–Kier alpha value is -2.00. The normalized spacial score (nSPS) is 15.2. The number of fused-ring (bicyclic) bond motifs is 1. The molecule has 1 aliphatic heterocycles. The highest BCUT2D eigenvalue weighted by atomic mass is 35.5. The van der Waals surface area contributed by atoms with Crippen molar-refractivity contribution in [3.8, 4) is 0 Å². The van der Waals surface area contributed by atoms with Crippen molar-refractivity contribution in [2.45, 2.75) is 6.18 Å². The van der Waals surface area contributed by atoms with E-state index in [1.807, 2.05) is 18.3 Å². The minimum atomic E-state index is -5.08. The Morgan fingerprint density at radius 2 is 1.91 bits per heavy atom. The van der Waals surface area contributed by atoms with E-state index in [1.54, 1.807) is 0 Å². The van der Waals surface area contributed by atoms with Crippen LogP contribution in [0.3, 0.4) is 0 Å². The van der Waals surface area contributed by atoms with Gasteiger partial charge in [-0.1, -0.05) is 11.6 Å². The number of anilines is 1. The smallest absolute Gasteiger partial charge is 0.475 e. The fourth-order valence-electron chi connectivity index (χ4n) is 2.17. The van der Waals surface area contributed by atoms with Gasteiger partial charge in [0.1, 0.15) is 0 Å². The number of alkyl halides is 3. The first-order valence-electron chi connectivity index (χ1n) is 6.67. The predicted octanol–water partition coefficient (Wildman–Crippen LogP) is 2.26. The number of hydrogen-bond donors (Lipinski definition) is 3. The minimum absolute atomic E-state index is 0.755. The van der Waals surface area contributed by atoms with Crippen molar-refractivity contribution in [2.75, 3.05) is 31.1 Å². The third-order valence-electron chi connectivity index (χ3n) is 3.20. The van der Waals surface area contributed by atoms with Crippen molar-refractivity contribution in [3.63, 3.8) is 0 Å². The van der Waals surface area contributed by atoms with Crippen molar-refractivity contribution >= 4 is 34.2 Å². The molecule has 0 spiro atoms. The summed E-state index contributed by atoms with van der Waals surface area (Å²) < 4.78 is 31.7. The number of rotatable bonds is 1. The van der Waals surface area contributed by atoms with Crippen LogP contribution in [-0.2, 0) is 4.79 Å². The number of hydrogen-bond acceptors (Lipinski definition) is 4. The van der Waals surface area contributed by atoms with Crippen molar-refractivity contribution in [1.82, 2.24) is 15.5 Å². The monoisotopic (exact) mass is 350 g/mol. The number of benzene rings is 1. The number of nitrogens with zero attached hydrogens (tertiary/aromatic N) is 2. The van der Waals surface area contributed by atoms with Crippen LogP contribution < -0.4 is 10.2 Å². The largest absolute Gasteiger partial charge is 0.490 e. The average molecular weight is 351 g/mol. The molecule has 0 bridgehead atoms. The Morgan fingerprint density at radius 3 is 2.48 bits per heavy atom. The SMILES string of the molecule is Clc1cc(N2CCNCC2)c2cn[nH]c2c1.O=C(O)C(F)(F)F. The van der Waals surface area contributed by atoms with Gasteiger partial charge in [-0.3, -0.25) is 5.10 Å². The first-order valence-corrected chi connectivity index (χ1v) is 7.05. The highest BCUT2D eigenvalue weighted by Crippen LogP contribution is 2.29. The summed E-state index contributed by atoms with van der Waals surface area (Å²) in [5.74, 6) is -2.76. The van der Waals surface area contributed by atoms with E-state index in [1.165, 1.54) is 5.69 Å². The van der Waals surface area contributed by atoms with Crippen molar-refractivity contribution in [3.05, 3.63) is 23.4 Å². The van der Waals surface area contributed by atoms with Crippen LogP contribution in [0, 0.1) is 0 Å². The average Bonchev–Trinajstić information content (AvgIpc) is 2.95. The Morgan fingerprint density at radius 1 is 1.30 bits per heavy atom. The van der Waals surface area contributed by atoms with Gasteiger partial charge in [0.2, 0.25) is 0 Å². The summed E-state index contributed by atoms with van der Waals surface area (Å²) in [6, 6.07) is 3.93. The zero-order chi connectivity index (χ0) is 17.0. The lowest BCUT2D eigenvalue weighted by Gasteiger charge is -2.30. The fraction of sp³-hybridized carbons (Fsp3) is 0.385. The van der Waals surface area contributed by atoms with Crippen LogP contribution in [0.15, 0.2) is 18.3 Å². The van der Waals surface area contributed by atoms with Crippen molar-refractivity contribution in [2.24, 2.45) is 0 Å². The van der Waals surface area contributed by atoms with Gasteiger partial charge in [0.05, 0.1) is 11.7 Å². The summed E-state index contributed by atoms with van der Waals surface area (Å²) in [5.41, 5.74) is 2.18. The molecule has 10 heteroatoms. The number of halogens is 4. The lowest BCUT2D eigenvalue weighted by Crippen LogP contribution is -2.43. The van der Waals surface area contributed by atoms with E-state index in [0.29, 0.717) is 0 Å². The summed E-state index contributed by atoms with van der Waals surface area (Å²) >= 11 is 6.11. The lowest BCUT2D eigenvalue weighted by molar-refractivity contribution is -0.192. The highest BCUT2D eigenvalue weighted by Gasteiger charge is 2.38. The third-order valence-corrected chi connectivity index (χ3v) is 3.42. The summed E-state index contributed by atoms with van der Waals surface area (Å²) in [6.45, 7) is 4.07. The second-order valence-corrected chi connectivity index (χ2v) is 5.23. The zero-order valence-corrected chi connectivity index (χ0v) is 12.6. The van der Waals surface area contributed by atoms with E-state index in [9.17, 15) is 13.2 Å². The molecule has 1 aliphatic rings. The molecule has 2 aromatic rings. The van der Waals surface area contributed by atoms with Crippen LogP contribution in [0.2, 0.25) is 5.02 Å². The van der Waals surface area contributed by atoms with Crippen molar-refractivity contribution < 1.29 is 23.1 Å². The summed E-state index contributed by atoms with van der Waals surface area (Å²) in [6.07, 6.45) is -3.22. The maximum Gasteiger partial charge on any atom is 0.490 e. The topological polar surface area (TPSA) is 81.2 Å². The molecule has 3 N–H and O–H groups in total. The van der Waals surface area contributed by atoms with Crippen LogP contribution in [-0.4, -0.2) is 53.6 Å². The summed E-state index contributed by atoms with van der Waals surface area (Å²) in [4.78, 5) is 11.2. The van der Waals surface area contributed by atoms with Crippen LogP contribution >= 0.6 is 11.6 Å². The Labute approximate surface area is 134 Å². The minimum Gasteiger partial charge on any atom is -0.475 e. The van der Waals surface area contributed by atoms with Crippen LogP contribution in [0.1, 0.15) is 0 Å². The van der Waals surface area contributed by atoms with E-state index in [4.69, 9.17) is 21.5 Å². The number of aliphatic carboxylic acids is 1. The van der Waals surface area contributed by atoms with E-state index in [-0.39, 0.29) is 0 Å². The van der Waals surface area contributed by atoms with E-state index >= 15 is 0 Å². The lowest BCUT2D eigenvalue weighted by atomic mass is 10.2. The maximum absolute atomic E-state index is 10.6. The van der Waals surface area contributed by atoms with Gasteiger partial charge in [0.15, 0.2) is 0 Å². The molecule has 0 radical (unpaired) electrons. The predicted molar refractivity (Wildman–Crippen MR) is 79.9 cm³/mol. The molecule has 0 unspecified atom stereocenters. The van der Waals surface area contributed by atoms with E-state index < -0.39 is 12.1 Å². The third kappa shape index (κ3) is 4.49. The van der Waals surface area contributed by atoms with Crippen LogP contribution in [0.25, 0.3) is 10.9 Å². The van der Waals surface area contributed by atoms with Crippen LogP contribution in [0.5, 0.6) is 0 Å². The summed E-state index contributed by atoms with van der Waals surface area (Å²) in [5, 5.41) is 19.4. The van der Waals surface area contributed by atoms with Gasteiger partial charge < -0.3 is 15.3 Å². The number of carboxylic acid groups (broad SMARTS) is 1. The quantitative estimate of drug-likeness (QED) is 0.735. The molecule has 3 rings (SSSR count). The molecule has 6 nitrogen and oxygen atoms in total. The van der Waals surface area contributed by atoms with Gasteiger partial charge in [0.25, 0.3) is 0 Å². The number of aromatic amines is 1. The molecule has 1 fully saturated rings. The van der Waals surface area contributed by atoms with E-state index in [0.717, 1.165) is 42.1 Å². The first kappa shape index (κ1) is 17.4. The number of piperazine rings is 1. The molecule has 1 aromatic heterocycles. The standard InChI is InChI=1S/C11H13ClN4.C2HF3O2/c12-8-5-10-9(7-14-15-10)11(6-8)16-3-1-13-2-4-16;3-2(4,5)1(6)7/h5-7,13H,1-4H2,(H,14,15);(H,6,7). The van der Waals surface area contributed by atoms with Gasteiger partial charge in [-0.2, -0.15) is 18.3 Å². The molecule has 0 amide bonds. The number of carbonyl (C=O) groups is 1. The fourth-order valence-corrected chi connectivity index (χ4v) is 2.38. The Bertz CT molecular complexity index is 683. The molecule has 1 aromatic carbocycles. The molecule has 126 valence electrons. The first-order chi connectivity index (χ1) is 10.8. The summed E-state index contributed by atoms with van der Waals surface area (Å²) in [7, 11) is 0. The molecular formula is C13H14ClF3N4O2. The van der Waals surface area contributed by atoms with Gasteiger partial charge in [0, 0.05) is 42.3 Å². The molecule has 23 heavy (non-hydrogen) atoms. The van der Waals surface area contributed by atoms with Crippen LogP contribution in [0.4, 0.5) is 18.9 Å². The number of H-pyrrole nitrogens is 1. The van der Waals surface area contributed by atoms with E-state index in [2.05, 4.69) is 20.4 Å². The zero-order valence-electron chi connectivity index (χ0n) is 11.8. The van der Waals surface area contributed by atoms with Crippen molar-refractivity contribution in [1.29, 1.82) is 0 Å². The molecule has 0 aliphatic carbocycles. The second-order valence-electron chi connectivity index (χ2n) is 4.80. The molecule has 2 heterocycles. The molecule has 0 atom stereocenters. The van der Waals surface area contributed by atoms with Gasteiger partial charge >= 0.3 is 12.1 Å². The number of aromatic nitrogens is 2. The molecule has 1 saturated heterocycles. The Balaban J connectivity index is 0.000000236. The van der Waals surface area contributed by atoms with Gasteiger partial charge in [-0.25, -0.2) is 4.79 Å². The van der Waals surface area contributed by atoms with Gasteiger partial charge in [-0.05, 0) is 12.1 Å². The highest BCUT2D eigenvalue weighted by molar-refractivity contribution is 6.31.